The zero-order chi connectivity index (χ0) is 19.0. The highest BCUT2D eigenvalue weighted by Crippen LogP contribution is 2.14. The third-order valence-corrected chi connectivity index (χ3v) is 4.72. The molecule has 26 heavy (non-hydrogen) atoms. The molecule has 0 aliphatic carbocycles. The summed E-state index contributed by atoms with van der Waals surface area (Å²) in [6.07, 6.45) is 0. The molecule has 2 aromatic heterocycles. The van der Waals surface area contributed by atoms with Crippen molar-refractivity contribution in [3.05, 3.63) is 68.5 Å². The summed E-state index contributed by atoms with van der Waals surface area (Å²) in [6.45, 7) is 0. The number of halogens is 1. The Morgan fingerprint density at radius 2 is 1.50 bits per heavy atom. The van der Waals surface area contributed by atoms with Gasteiger partial charge in [0, 0.05) is 16.4 Å². The van der Waals surface area contributed by atoms with Crippen molar-refractivity contribution >= 4 is 31.5 Å². The predicted molar refractivity (Wildman–Crippen MR) is 98.3 cm³/mol. The molecular weight excluding hydrogens is 404 g/mol. The first-order chi connectivity index (χ1) is 12.3. The summed E-state index contributed by atoms with van der Waals surface area (Å²) in [5.41, 5.74) is 0.478. The van der Waals surface area contributed by atoms with Gasteiger partial charge in [-0.15, -0.1) is 11.8 Å². The SMILES string of the molecule is O=c1[nH]nc(CS(=O)(=O)Cl)[nH]1.O=c1[nH]nc(CSCc2ccccc2)[nH]1. The minimum atomic E-state index is -3.64. The van der Waals surface area contributed by atoms with Crippen molar-refractivity contribution in [3.63, 3.8) is 0 Å². The molecule has 2 heterocycles. The molecule has 0 radical (unpaired) electrons. The van der Waals surface area contributed by atoms with E-state index in [9.17, 15) is 18.0 Å². The maximum atomic E-state index is 10.7. The largest absolute Gasteiger partial charge is 0.340 e. The van der Waals surface area contributed by atoms with E-state index < -0.39 is 20.5 Å². The van der Waals surface area contributed by atoms with Crippen LogP contribution >= 0.6 is 22.4 Å². The number of H-pyrrole nitrogens is 4. The van der Waals surface area contributed by atoms with Crippen LogP contribution in [0.4, 0.5) is 0 Å². The van der Waals surface area contributed by atoms with Crippen LogP contribution in [-0.2, 0) is 26.3 Å². The minimum absolute atomic E-state index is 0.00463. The van der Waals surface area contributed by atoms with E-state index in [1.807, 2.05) is 23.3 Å². The van der Waals surface area contributed by atoms with Gasteiger partial charge in [-0.05, 0) is 5.56 Å². The summed E-state index contributed by atoms with van der Waals surface area (Å²) in [7, 11) is 1.23. The van der Waals surface area contributed by atoms with Crippen LogP contribution in [0.15, 0.2) is 39.9 Å². The lowest BCUT2D eigenvalue weighted by atomic mass is 10.2. The van der Waals surface area contributed by atoms with E-state index in [0.29, 0.717) is 11.6 Å². The van der Waals surface area contributed by atoms with Crippen LogP contribution in [0.1, 0.15) is 17.2 Å². The molecule has 140 valence electrons. The van der Waals surface area contributed by atoms with Gasteiger partial charge in [-0.25, -0.2) is 28.2 Å². The number of thioether (sulfide) groups is 1. The number of hydrogen-bond donors (Lipinski definition) is 4. The van der Waals surface area contributed by atoms with Gasteiger partial charge < -0.3 is 0 Å². The fourth-order valence-corrected chi connectivity index (χ4v) is 3.38. The topological polar surface area (TPSA) is 157 Å². The Bertz CT molecular complexity index is 1020. The van der Waals surface area contributed by atoms with Gasteiger partial charge >= 0.3 is 11.4 Å². The van der Waals surface area contributed by atoms with Crippen molar-refractivity contribution in [1.82, 2.24) is 30.4 Å². The van der Waals surface area contributed by atoms with Gasteiger partial charge in [-0.1, -0.05) is 30.3 Å². The van der Waals surface area contributed by atoms with Crippen LogP contribution in [0.2, 0.25) is 0 Å². The molecule has 3 rings (SSSR count). The lowest BCUT2D eigenvalue weighted by Gasteiger charge is -1.98. The van der Waals surface area contributed by atoms with Gasteiger partial charge in [0.15, 0.2) is 0 Å². The highest BCUT2D eigenvalue weighted by atomic mass is 35.7. The molecule has 0 unspecified atom stereocenters. The van der Waals surface area contributed by atoms with Gasteiger partial charge in [-0.2, -0.15) is 10.2 Å². The van der Waals surface area contributed by atoms with Gasteiger partial charge in [-0.3, -0.25) is 9.97 Å². The quantitative estimate of drug-likeness (QED) is 0.429. The van der Waals surface area contributed by atoms with Crippen LogP contribution < -0.4 is 11.4 Å². The number of hydrogen-bond acceptors (Lipinski definition) is 7. The summed E-state index contributed by atoms with van der Waals surface area (Å²) >= 11 is 1.72. The van der Waals surface area contributed by atoms with Crippen molar-refractivity contribution < 1.29 is 8.42 Å². The minimum Gasteiger partial charge on any atom is -0.292 e. The second kappa shape index (κ2) is 9.40. The van der Waals surface area contributed by atoms with E-state index in [1.54, 1.807) is 11.8 Å². The summed E-state index contributed by atoms with van der Waals surface area (Å²) in [5, 5.41) is 11.5. The Morgan fingerprint density at radius 3 is 2.00 bits per heavy atom. The number of nitrogens with one attached hydrogen (secondary N) is 4. The molecule has 0 aliphatic heterocycles. The predicted octanol–water partition coefficient (Wildman–Crippen LogP) is 0.698. The summed E-state index contributed by atoms with van der Waals surface area (Å²) in [6, 6.07) is 10.2. The van der Waals surface area contributed by atoms with Crippen molar-refractivity contribution in [2.75, 3.05) is 0 Å². The first-order valence-electron chi connectivity index (χ1n) is 7.13. The summed E-state index contributed by atoms with van der Waals surface area (Å²) in [5.74, 6) is 1.86. The first kappa shape index (κ1) is 20.0. The molecule has 3 aromatic rings. The molecule has 0 bridgehead atoms. The Labute approximate surface area is 156 Å². The number of aromatic nitrogens is 6. The van der Waals surface area contributed by atoms with Gasteiger partial charge in [0.2, 0.25) is 9.05 Å². The normalized spacial score (nSPS) is 11.0. The van der Waals surface area contributed by atoms with E-state index in [1.165, 1.54) is 5.56 Å². The van der Waals surface area contributed by atoms with Gasteiger partial charge in [0.25, 0.3) is 0 Å². The maximum absolute atomic E-state index is 10.7. The molecule has 1 aromatic carbocycles. The van der Waals surface area contributed by atoms with E-state index in [2.05, 4.69) is 37.4 Å². The average molecular weight is 419 g/mol. The Kier molecular flexibility index (Phi) is 7.24. The maximum Gasteiger partial charge on any atom is 0.340 e. The zero-order valence-corrected chi connectivity index (χ0v) is 15.6. The standard InChI is InChI=1S/C10H11N3OS.C3H4ClN3O3S/c14-10-11-9(12-13-10)7-15-6-8-4-2-1-3-5-8;4-11(9,10)1-2-5-3(8)7-6-2/h1-5H,6-7H2,(H2,11,12,13,14);1H2,(H2,5,6,7,8). The fraction of sp³-hybridized carbons (Fsp3) is 0.231. The first-order valence-corrected chi connectivity index (χ1v) is 10.8. The molecule has 0 saturated heterocycles. The molecule has 0 atom stereocenters. The highest BCUT2D eigenvalue weighted by molar-refractivity contribution is 8.13. The zero-order valence-electron chi connectivity index (χ0n) is 13.2. The van der Waals surface area contributed by atoms with Crippen LogP contribution in [0.5, 0.6) is 0 Å². The number of rotatable bonds is 6. The fourth-order valence-electron chi connectivity index (χ4n) is 1.75. The Morgan fingerprint density at radius 1 is 0.923 bits per heavy atom. The molecule has 0 saturated carbocycles. The van der Waals surface area contributed by atoms with Gasteiger partial charge in [0.1, 0.15) is 17.4 Å². The molecule has 13 heteroatoms. The second-order valence-electron chi connectivity index (χ2n) is 4.91. The van der Waals surface area contributed by atoms with Crippen molar-refractivity contribution in [3.8, 4) is 0 Å². The Balaban J connectivity index is 0.000000197. The number of aromatic amines is 4. The van der Waals surface area contributed by atoms with Crippen molar-refractivity contribution in [2.24, 2.45) is 0 Å². The Hall–Kier alpha value is -2.31. The molecule has 0 amide bonds. The third kappa shape index (κ3) is 7.72. The lowest BCUT2D eigenvalue weighted by Crippen LogP contribution is -2.02. The number of nitrogens with zero attached hydrogens (tertiary/aromatic N) is 2. The molecule has 0 spiro atoms. The average Bonchev–Trinajstić information content (AvgIpc) is 3.16. The smallest absolute Gasteiger partial charge is 0.292 e. The van der Waals surface area contributed by atoms with E-state index in [-0.39, 0.29) is 11.5 Å². The van der Waals surface area contributed by atoms with E-state index in [4.69, 9.17) is 10.7 Å². The molecule has 0 aliphatic rings. The molecule has 0 fully saturated rings. The number of benzene rings is 1. The van der Waals surface area contributed by atoms with Gasteiger partial charge in [0.05, 0.1) is 5.75 Å². The van der Waals surface area contributed by atoms with E-state index >= 15 is 0 Å². The monoisotopic (exact) mass is 418 g/mol. The van der Waals surface area contributed by atoms with Crippen LogP contribution in [-0.4, -0.2) is 38.8 Å². The van der Waals surface area contributed by atoms with Crippen molar-refractivity contribution in [1.29, 1.82) is 0 Å². The summed E-state index contributed by atoms with van der Waals surface area (Å²) in [4.78, 5) is 25.9. The lowest BCUT2D eigenvalue weighted by molar-refractivity contribution is 0.607. The van der Waals surface area contributed by atoms with E-state index in [0.717, 1.165) is 5.75 Å². The second-order valence-corrected chi connectivity index (χ2v) is 8.67. The van der Waals surface area contributed by atoms with Crippen LogP contribution in [0, 0.1) is 0 Å². The van der Waals surface area contributed by atoms with Crippen LogP contribution in [0.3, 0.4) is 0 Å². The van der Waals surface area contributed by atoms with Crippen LogP contribution in [0.25, 0.3) is 0 Å². The third-order valence-electron chi connectivity index (χ3n) is 2.76. The molecular formula is C13H15ClN6O4S2. The highest BCUT2D eigenvalue weighted by Gasteiger charge is 2.09. The van der Waals surface area contributed by atoms with Crippen molar-refractivity contribution in [2.45, 2.75) is 17.3 Å². The molecule has 4 N–H and O–H groups in total. The molecule has 10 nitrogen and oxygen atoms in total. The summed E-state index contributed by atoms with van der Waals surface area (Å²) < 4.78 is 20.8.